The van der Waals surface area contributed by atoms with Crippen molar-refractivity contribution in [1.29, 1.82) is 0 Å². The first-order chi connectivity index (χ1) is 2.41. The Morgan fingerprint density at radius 3 is 1.50 bits per heavy atom. The van der Waals surface area contributed by atoms with Gasteiger partial charge in [-0.25, -0.2) is 0 Å². The fraction of sp³-hybridized carbons (Fsp3) is 1.00. The maximum absolute atomic E-state index is 3.11. The standard InChI is InChI=1S/C4H11N.ClH/c1-3-5-4-2;/h5H,3-4H2,1-2H3;1H/i1+1,2+1,3+1,4+1;. The summed E-state index contributed by atoms with van der Waals surface area (Å²) in [7, 11) is 0. The van der Waals surface area contributed by atoms with Gasteiger partial charge in [0.25, 0.3) is 0 Å². The Hall–Kier alpha value is 0.250. The number of hydrogen-bond donors (Lipinski definition) is 1. The highest BCUT2D eigenvalue weighted by Gasteiger charge is 1.62. The van der Waals surface area contributed by atoms with E-state index in [0.29, 0.717) is 0 Å². The van der Waals surface area contributed by atoms with Gasteiger partial charge in [-0.1, -0.05) is 13.8 Å². The monoisotopic (exact) mass is 113 g/mol. The van der Waals surface area contributed by atoms with Crippen molar-refractivity contribution in [2.24, 2.45) is 0 Å². The van der Waals surface area contributed by atoms with Gasteiger partial charge in [0.05, 0.1) is 0 Å². The lowest BCUT2D eigenvalue weighted by atomic mass is 11.5. The van der Waals surface area contributed by atoms with Crippen LogP contribution in [0.5, 0.6) is 0 Å². The third-order valence-corrected chi connectivity index (χ3v) is 0.500. The molecule has 0 rings (SSSR count). The highest BCUT2D eigenvalue weighted by atomic mass is 35.5. The van der Waals surface area contributed by atoms with Gasteiger partial charge in [-0.2, -0.15) is 0 Å². The zero-order valence-corrected chi connectivity index (χ0v) is 5.14. The van der Waals surface area contributed by atoms with Crippen LogP contribution in [-0.2, 0) is 0 Å². The van der Waals surface area contributed by atoms with Crippen molar-refractivity contribution < 1.29 is 0 Å². The Labute approximate surface area is 45.5 Å². The number of halogens is 1. The van der Waals surface area contributed by atoms with E-state index in [-0.39, 0.29) is 12.4 Å². The van der Waals surface area contributed by atoms with Gasteiger partial charge in [-0.15, -0.1) is 12.4 Å². The van der Waals surface area contributed by atoms with Gasteiger partial charge >= 0.3 is 0 Å². The molecular weight excluding hydrogens is 101 g/mol. The maximum atomic E-state index is 3.11. The summed E-state index contributed by atoms with van der Waals surface area (Å²) in [6.07, 6.45) is 0. The molecule has 0 aromatic heterocycles. The molecule has 0 aliphatic rings. The van der Waals surface area contributed by atoms with Crippen LogP contribution in [-0.4, -0.2) is 13.1 Å². The van der Waals surface area contributed by atoms with Crippen molar-refractivity contribution in [1.82, 2.24) is 5.32 Å². The zero-order chi connectivity index (χ0) is 4.12. The second-order valence-electron chi connectivity index (χ2n) is 0.957. The Morgan fingerprint density at radius 2 is 1.50 bits per heavy atom. The first kappa shape index (κ1) is 9.54. The van der Waals surface area contributed by atoms with E-state index in [4.69, 9.17) is 0 Å². The molecule has 1 N–H and O–H groups in total. The SMILES string of the molecule is Cl.[13CH3][13CH2]N[13CH2][13CH3]. The molecule has 0 bridgehead atoms. The van der Waals surface area contributed by atoms with Crippen LogP contribution in [0.2, 0.25) is 0 Å². The number of hydrogen-bond acceptors (Lipinski definition) is 1. The molecule has 0 aliphatic carbocycles. The molecule has 0 aliphatic heterocycles. The molecule has 0 unspecified atom stereocenters. The number of rotatable bonds is 2. The molecule has 0 fully saturated rings. The minimum atomic E-state index is 0. The van der Waals surface area contributed by atoms with Crippen LogP contribution in [0, 0.1) is 0 Å². The van der Waals surface area contributed by atoms with Gasteiger partial charge < -0.3 is 5.32 Å². The molecule has 0 radical (unpaired) electrons. The summed E-state index contributed by atoms with van der Waals surface area (Å²) in [5.74, 6) is 0. The van der Waals surface area contributed by atoms with E-state index in [1.54, 1.807) is 0 Å². The van der Waals surface area contributed by atoms with E-state index in [2.05, 4.69) is 19.2 Å². The lowest BCUT2D eigenvalue weighted by molar-refractivity contribution is 0.762. The lowest BCUT2D eigenvalue weighted by Gasteiger charge is -1.86. The van der Waals surface area contributed by atoms with Crippen molar-refractivity contribution in [2.75, 3.05) is 13.1 Å². The summed E-state index contributed by atoms with van der Waals surface area (Å²) in [4.78, 5) is 0. The molecule has 0 atom stereocenters. The molecule has 0 aromatic rings. The Bertz CT molecular complexity index is 15.0. The molecule has 6 heavy (non-hydrogen) atoms. The van der Waals surface area contributed by atoms with Crippen LogP contribution >= 0.6 is 12.4 Å². The molecule has 1 nitrogen and oxygen atoms in total. The molecule has 0 heterocycles. The van der Waals surface area contributed by atoms with E-state index < -0.39 is 0 Å². The van der Waals surface area contributed by atoms with Gasteiger partial charge in [0.2, 0.25) is 0 Å². The van der Waals surface area contributed by atoms with Gasteiger partial charge in [0.1, 0.15) is 0 Å². The fourth-order valence-electron chi connectivity index (χ4n) is 0.250. The van der Waals surface area contributed by atoms with Gasteiger partial charge in [-0.05, 0) is 13.1 Å². The molecule has 0 saturated carbocycles. The molecule has 40 valence electrons. The van der Waals surface area contributed by atoms with Gasteiger partial charge in [0, 0.05) is 0 Å². The molecule has 2 heteroatoms. The lowest BCUT2D eigenvalue weighted by Crippen LogP contribution is -2.09. The topological polar surface area (TPSA) is 12.0 Å². The van der Waals surface area contributed by atoms with Crippen LogP contribution in [0.3, 0.4) is 0 Å². The van der Waals surface area contributed by atoms with Crippen LogP contribution < -0.4 is 5.32 Å². The minimum Gasteiger partial charge on any atom is -0.317 e. The highest BCUT2D eigenvalue weighted by Crippen LogP contribution is 1.47. The Kier molecular flexibility index (Phi) is 14.3. The second kappa shape index (κ2) is 8.98. The van der Waals surface area contributed by atoms with Crippen molar-refractivity contribution in [2.45, 2.75) is 13.8 Å². The number of nitrogens with one attached hydrogen (secondary N) is 1. The van der Waals surface area contributed by atoms with Crippen LogP contribution in [0.15, 0.2) is 0 Å². The highest BCUT2D eigenvalue weighted by molar-refractivity contribution is 5.85. The van der Waals surface area contributed by atoms with Crippen molar-refractivity contribution in [3.8, 4) is 0 Å². The molecule has 0 saturated heterocycles. The summed E-state index contributed by atoms with van der Waals surface area (Å²) in [5, 5.41) is 3.11. The van der Waals surface area contributed by atoms with Crippen LogP contribution in [0.4, 0.5) is 0 Å². The maximum Gasteiger partial charge on any atom is -0.00775 e. The van der Waals surface area contributed by atoms with Crippen LogP contribution in [0.1, 0.15) is 13.8 Å². The average Bonchev–Trinajstić information content (AvgIpc) is 1.41. The van der Waals surface area contributed by atoms with Gasteiger partial charge in [0.15, 0.2) is 0 Å². The van der Waals surface area contributed by atoms with E-state index in [9.17, 15) is 0 Å². The molecule has 0 aromatic carbocycles. The minimum absolute atomic E-state index is 0. The summed E-state index contributed by atoms with van der Waals surface area (Å²) in [5.41, 5.74) is 0. The van der Waals surface area contributed by atoms with Crippen molar-refractivity contribution in [3.63, 3.8) is 0 Å². The van der Waals surface area contributed by atoms with Crippen LogP contribution in [0.25, 0.3) is 0 Å². The summed E-state index contributed by atoms with van der Waals surface area (Å²) < 4.78 is 0. The quantitative estimate of drug-likeness (QED) is 0.528. The Balaban J connectivity index is 0. The second-order valence-corrected chi connectivity index (χ2v) is 0.957. The summed E-state index contributed by atoms with van der Waals surface area (Å²) >= 11 is 0. The van der Waals surface area contributed by atoms with E-state index in [1.165, 1.54) is 0 Å². The van der Waals surface area contributed by atoms with Crippen molar-refractivity contribution in [3.05, 3.63) is 0 Å². The summed E-state index contributed by atoms with van der Waals surface area (Å²) in [6.45, 7) is 6.39. The largest absolute Gasteiger partial charge is 0.317 e. The molecule has 0 spiro atoms. The normalized spacial score (nSPS) is 7.00. The predicted molar refractivity (Wildman–Crippen MR) is 31.5 cm³/mol. The summed E-state index contributed by atoms with van der Waals surface area (Å²) in [6, 6.07) is 0. The van der Waals surface area contributed by atoms with E-state index in [1.807, 2.05) is 0 Å². The van der Waals surface area contributed by atoms with E-state index >= 15 is 0 Å². The smallest absolute Gasteiger partial charge is 0.00775 e. The average molecular weight is 114 g/mol. The van der Waals surface area contributed by atoms with E-state index in [0.717, 1.165) is 13.1 Å². The Morgan fingerprint density at radius 1 is 1.17 bits per heavy atom. The third kappa shape index (κ3) is 8.87. The fourth-order valence-corrected chi connectivity index (χ4v) is 0.250. The third-order valence-electron chi connectivity index (χ3n) is 0.500. The zero-order valence-electron chi connectivity index (χ0n) is 4.32. The molecule has 0 amide bonds. The molecular formula is C4H12ClN. The predicted octanol–water partition coefficient (Wildman–Crippen LogP) is 1.04. The first-order valence-corrected chi connectivity index (χ1v) is 2.12. The van der Waals surface area contributed by atoms with Crippen molar-refractivity contribution >= 4 is 12.4 Å². The van der Waals surface area contributed by atoms with Gasteiger partial charge in [-0.3, -0.25) is 0 Å². The first-order valence-electron chi connectivity index (χ1n) is 2.12.